The molecule has 1 N–H and O–H groups in total. The largest absolute Gasteiger partial charge is 0.416 e. The smallest absolute Gasteiger partial charge is 0.383 e. The summed E-state index contributed by atoms with van der Waals surface area (Å²) in [6, 6.07) is 4.07. The number of nitrogens with zero attached hydrogens (tertiary/aromatic N) is 1. The Morgan fingerprint density at radius 2 is 2.06 bits per heavy atom. The van der Waals surface area contributed by atoms with Crippen molar-refractivity contribution in [3.63, 3.8) is 0 Å². The summed E-state index contributed by atoms with van der Waals surface area (Å²) in [5.41, 5.74) is 0.786. The summed E-state index contributed by atoms with van der Waals surface area (Å²) >= 11 is 0. The van der Waals surface area contributed by atoms with Crippen molar-refractivity contribution in [2.45, 2.75) is 25.6 Å². The molecule has 2 rings (SSSR count). The highest BCUT2D eigenvalue weighted by molar-refractivity contribution is 5.72. The number of halogens is 3. The monoisotopic (exact) mass is 244 g/mol. The average molecular weight is 244 g/mol. The van der Waals surface area contributed by atoms with E-state index in [2.05, 4.69) is 5.32 Å². The molecule has 0 fully saturated rings. The van der Waals surface area contributed by atoms with Crippen molar-refractivity contribution >= 4 is 11.4 Å². The molecule has 0 aliphatic carbocycles. The van der Waals surface area contributed by atoms with Gasteiger partial charge >= 0.3 is 6.18 Å². The van der Waals surface area contributed by atoms with Crippen molar-refractivity contribution in [2.24, 2.45) is 0 Å². The van der Waals surface area contributed by atoms with Crippen LogP contribution in [0.1, 0.15) is 18.9 Å². The number of fused-ring (bicyclic) bond motifs is 1. The Bertz CT molecular complexity index is 415. The van der Waals surface area contributed by atoms with Gasteiger partial charge in [0.1, 0.15) is 0 Å². The number of benzene rings is 1. The fourth-order valence-corrected chi connectivity index (χ4v) is 2.00. The van der Waals surface area contributed by atoms with E-state index in [1.165, 1.54) is 12.1 Å². The lowest BCUT2D eigenvalue weighted by Crippen LogP contribution is -2.28. The lowest BCUT2D eigenvalue weighted by Gasteiger charge is -2.26. The van der Waals surface area contributed by atoms with Gasteiger partial charge in [0.05, 0.1) is 16.9 Å². The molecule has 1 heterocycles. The van der Waals surface area contributed by atoms with Crippen LogP contribution >= 0.6 is 0 Å². The van der Waals surface area contributed by atoms with Crippen LogP contribution in [0.15, 0.2) is 18.2 Å². The summed E-state index contributed by atoms with van der Waals surface area (Å²) in [6.07, 6.45) is -3.38. The van der Waals surface area contributed by atoms with E-state index in [1.54, 1.807) is 0 Å². The Kier molecular flexibility index (Phi) is 2.93. The molecule has 1 aromatic carbocycles. The zero-order valence-corrected chi connectivity index (χ0v) is 9.80. The standard InChI is InChI=1S/C12H15F3N2/c1-8-5-6-16-10-4-3-9(12(13,14)15)7-11(10)17(8)2/h3-4,7-8,16H,5-6H2,1-2H3. The van der Waals surface area contributed by atoms with E-state index in [0.29, 0.717) is 5.69 Å². The predicted molar refractivity (Wildman–Crippen MR) is 62.4 cm³/mol. The summed E-state index contributed by atoms with van der Waals surface area (Å²) in [7, 11) is 1.83. The molecule has 1 aliphatic rings. The van der Waals surface area contributed by atoms with E-state index in [0.717, 1.165) is 24.7 Å². The van der Waals surface area contributed by atoms with Crippen LogP contribution in [0.25, 0.3) is 0 Å². The van der Waals surface area contributed by atoms with Crippen molar-refractivity contribution in [3.8, 4) is 0 Å². The zero-order chi connectivity index (χ0) is 12.6. The normalized spacial score (nSPS) is 20.5. The molecule has 0 saturated carbocycles. The Balaban J connectivity index is 2.46. The van der Waals surface area contributed by atoms with Gasteiger partial charge in [-0.15, -0.1) is 0 Å². The third-order valence-corrected chi connectivity index (χ3v) is 3.24. The molecule has 5 heteroatoms. The highest BCUT2D eigenvalue weighted by atomic mass is 19.4. The second kappa shape index (κ2) is 4.13. The van der Waals surface area contributed by atoms with E-state index >= 15 is 0 Å². The first-order chi connectivity index (χ1) is 7.89. The molecular formula is C12H15F3N2. The molecule has 1 aromatic rings. The van der Waals surface area contributed by atoms with Gasteiger partial charge in [-0.05, 0) is 31.5 Å². The van der Waals surface area contributed by atoms with Gasteiger partial charge in [-0.3, -0.25) is 0 Å². The molecule has 0 spiro atoms. The molecule has 1 aliphatic heterocycles. The summed E-state index contributed by atoms with van der Waals surface area (Å²) in [5.74, 6) is 0. The number of hydrogen-bond donors (Lipinski definition) is 1. The maximum atomic E-state index is 12.6. The Hall–Kier alpha value is -1.39. The molecule has 94 valence electrons. The minimum atomic E-state index is -4.29. The fourth-order valence-electron chi connectivity index (χ4n) is 2.00. The topological polar surface area (TPSA) is 15.3 Å². The minimum Gasteiger partial charge on any atom is -0.383 e. The molecule has 0 radical (unpaired) electrons. The number of hydrogen-bond acceptors (Lipinski definition) is 2. The number of anilines is 2. The summed E-state index contributed by atoms with van der Waals surface area (Å²) in [5, 5.41) is 3.16. The molecule has 0 saturated heterocycles. The van der Waals surface area contributed by atoms with Crippen LogP contribution in [0, 0.1) is 0 Å². The van der Waals surface area contributed by atoms with E-state index in [1.807, 2.05) is 18.9 Å². The maximum absolute atomic E-state index is 12.6. The molecule has 17 heavy (non-hydrogen) atoms. The van der Waals surface area contributed by atoms with Crippen LogP contribution in [0.4, 0.5) is 24.5 Å². The van der Waals surface area contributed by atoms with Gasteiger partial charge in [0.2, 0.25) is 0 Å². The van der Waals surface area contributed by atoms with Crippen LogP contribution in [-0.4, -0.2) is 19.6 Å². The van der Waals surface area contributed by atoms with Crippen LogP contribution < -0.4 is 10.2 Å². The first-order valence-corrected chi connectivity index (χ1v) is 5.57. The van der Waals surface area contributed by atoms with Crippen molar-refractivity contribution in [1.82, 2.24) is 0 Å². The Morgan fingerprint density at radius 3 is 2.71 bits per heavy atom. The molecule has 0 aromatic heterocycles. The highest BCUT2D eigenvalue weighted by Crippen LogP contribution is 2.37. The van der Waals surface area contributed by atoms with Crippen LogP contribution in [-0.2, 0) is 6.18 Å². The van der Waals surface area contributed by atoms with Crippen molar-refractivity contribution < 1.29 is 13.2 Å². The van der Waals surface area contributed by atoms with Gasteiger partial charge in [0.15, 0.2) is 0 Å². The minimum absolute atomic E-state index is 0.229. The third kappa shape index (κ3) is 2.33. The molecule has 0 amide bonds. The number of nitrogens with one attached hydrogen (secondary N) is 1. The Labute approximate surface area is 98.4 Å². The van der Waals surface area contributed by atoms with Crippen LogP contribution in [0.5, 0.6) is 0 Å². The molecule has 2 nitrogen and oxygen atoms in total. The van der Waals surface area contributed by atoms with Crippen LogP contribution in [0.2, 0.25) is 0 Å². The molecule has 0 bridgehead atoms. The highest BCUT2D eigenvalue weighted by Gasteiger charge is 2.32. The van der Waals surface area contributed by atoms with Gasteiger partial charge in [-0.25, -0.2) is 0 Å². The van der Waals surface area contributed by atoms with Gasteiger partial charge in [-0.2, -0.15) is 13.2 Å². The lowest BCUT2D eigenvalue weighted by atomic mass is 10.1. The van der Waals surface area contributed by atoms with Crippen LogP contribution in [0.3, 0.4) is 0 Å². The molecule has 1 atom stereocenters. The van der Waals surface area contributed by atoms with Crippen molar-refractivity contribution in [1.29, 1.82) is 0 Å². The zero-order valence-electron chi connectivity index (χ0n) is 9.80. The maximum Gasteiger partial charge on any atom is 0.416 e. The third-order valence-electron chi connectivity index (χ3n) is 3.24. The molecule has 1 unspecified atom stereocenters. The summed E-state index contributed by atoms with van der Waals surface area (Å²) < 4.78 is 37.9. The first kappa shape index (κ1) is 12.1. The van der Waals surface area contributed by atoms with Gasteiger partial charge in [0.25, 0.3) is 0 Å². The summed E-state index contributed by atoms with van der Waals surface area (Å²) in [6.45, 7) is 2.79. The van der Waals surface area contributed by atoms with Crippen molar-refractivity contribution in [2.75, 3.05) is 23.8 Å². The van der Waals surface area contributed by atoms with Gasteiger partial charge in [0, 0.05) is 19.6 Å². The molecular weight excluding hydrogens is 229 g/mol. The van der Waals surface area contributed by atoms with E-state index in [4.69, 9.17) is 0 Å². The van der Waals surface area contributed by atoms with Crippen molar-refractivity contribution in [3.05, 3.63) is 23.8 Å². The van der Waals surface area contributed by atoms with E-state index in [-0.39, 0.29) is 6.04 Å². The summed E-state index contributed by atoms with van der Waals surface area (Å²) in [4.78, 5) is 1.89. The van der Waals surface area contributed by atoms with E-state index < -0.39 is 11.7 Å². The SMILES string of the molecule is CC1CCNc2ccc(C(F)(F)F)cc2N1C. The van der Waals surface area contributed by atoms with E-state index in [9.17, 15) is 13.2 Å². The van der Waals surface area contributed by atoms with Gasteiger partial charge in [-0.1, -0.05) is 0 Å². The quantitative estimate of drug-likeness (QED) is 0.753. The average Bonchev–Trinajstić information content (AvgIpc) is 2.39. The fraction of sp³-hybridized carbons (Fsp3) is 0.500. The van der Waals surface area contributed by atoms with Gasteiger partial charge < -0.3 is 10.2 Å². The second-order valence-corrected chi connectivity index (χ2v) is 4.41. The second-order valence-electron chi connectivity index (χ2n) is 4.41. The Morgan fingerprint density at radius 1 is 1.35 bits per heavy atom. The number of rotatable bonds is 0. The lowest BCUT2D eigenvalue weighted by molar-refractivity contribution is -0.137. The first-order valence-electron chi connectivity index (χ1n) is 5.57. The number of alkyl halides is 3. The predicted octanol–water partition coefficient (Wildman–Crippen LogP) is 3.35.